The maximum atomic E-state index is 4.07. The van der Waals surface area contributed by atoms with Gasteiger partial charge in [0.2, 0.25) is 0 Å². The molecule has 0 bridgehead atoms. The lowest BCUT2D eigenvalue weighted by Crippen LogP contribution is -2.18. The zero-order valence-electron chi connectivity index (χ0n) is 10.7. The van der Waals surface area contributed by atoms with Gasteiger partial charge in [0.1, 0.15) is 0 Å². The first-order valence-corrected chi connectivity index (χ1v) is 6.86. The van der Waals surface area contributed by atoms with E-state index in [0.717, 1.165) is 31.4 Å². The molecule has 1 aliphatic carbocycles. The van der Waals surface area contributed by atoms with Crippen LogP contribution in [0, 0.1) is 5.92 Å². The van der Waals surface area contributed by atoms with Gasteiger partial charge in [0.15, 0.2) is 5.82 Å². The zero-order valence-corrected chi connectivity index (χ0v) is 10.7. The van der Waals surface area contributed by atoms with Gasteiger partial charge < -0.3 is 5.32 Å². The lowest BCUT2D eigenvalue weighted by atomic mass is 9.87. The predicted octanol–water partition coefficient (Wildman–Crippen LogP) is 1.75. The summed E-state index contributed by atoms with van der Waals surface area (Å²) in [6.07, 6.45) is 8.25. The first-order chi connectivity index (χ1) is 8.40. The Morgan fingerprint density at radius 1 is 1.29 bits per heavy atom. The minimum absolute atomic E-state index is 0.772. The van der Waals surface area contributed by atoms with E-state index in [-0.39, 0.29) is 0 Å². The number of nitrogens with one attached hydrogen (secondary N) is 1. The average molecular weight is 237 g/mol. The Balaban J connectivity index is 1.79. The van der Waals surface area contributed by atoms with E-state index in [1.807, 2.05) is 4.68 Å². The van der Waals surface area contributed by atoms with Crippen molar-refractivity contribution in [1.82, 2.24) is 25.5 Å². The molecular formula is C12H23N5. The summed E-state index contributed by atoms with van der Waals surface area (Å²) in [7, 11) is 0. The van der Waals surface area contributed by atoms with Gasteiger partial charge in [0.25, 0.3) is 0 Å². The Labute approximate surface area is 103 Å². The van der Waals surface area contributed by atoms with Gasteiger partial charge in [-0.3, -0.25) is 0 Å². The third-order valence-corrected chi connectivity index (χ3v) is 3.61. The fourth-order valence-electron chi connectivity index (χ4n) is 2.54. The van der Waals surface area contributed by atoms with Gasteiger partial charge >= 0.3 is 0 Å². The van der Waals surface area contributed by atoms with Crippen LogP contribution in [-0.2, 0) is 13.1 Å². The highest BCUT2D eigenvalue weighted by Crippen LogP contribution is 2.26. The van der Waals surface area contributed by atoms with Gasteiger partial charge in [-0.1, -0.05) is 39.0 Å². The summed E-state index contributed by atoms with van der Waals surface area (Å²) in [5.41, 5.74) is 0. The number of aryl methyl sites for hydroxylation is 1. The predicted molar refractivity (Wildman–Crippen MR) is 66.4 cm³/mol. The standard InChI is InChI=1S/C12H23N5/c1-2-13-10-12-14-15-16-17(12)9-8-11-6-4-3-5-7-11/h11,13H,2-10H2,1H3. The number of hydrogen-bond donors (Lipinski definition) is 1. The van der Waals surface area contributed by atoms with Crippen molar-refractivity contribution in [2.75, 3.05) is 6.54 Å². The molecule has 1 aromatic rings. The van der Waals surface area contributed by atoms with E-state index in [1.165, 1.54) is 38.5 Å². The molecule has 0 amide bonds. The fraction of sp³-hybridized carbons (Fsp3) is 0.917. The molecule has 1 fully saturated rings. The highest BCUT2D eigenvalue weighted by atomic mass is 15.5. The van der Waals surface area contributed by atoms with E-state index in [1.54, 1.807) is 0 Å². The van der Waals surface area contributed by atoms with Crippen LogP contribution in [-0.4, -0.2) is 26.8 Å². The average Bonchev–Trinajstić information content (AvgIpc) is 2.82. The largest absolute Gasteiger partial charge is 0.310 e. The van der Waals surface area contributed by atoms with Crippen molar-refractivity contribution in [2.24, 2.45) is 5.92 Å². The summed E-state index contributed by atoms with van der Waals surface area (Å²) in [6.45, 7) is 4.79. The highest BCUT2D eigenvalue weighted by Gasteiger charge is 2.14. The maximum Gasteiger partial charge on any atom is 0.165 e. The molecule has 1 aromatic heterocycles. The van der Waals surface area contributed by atoms with Crippen LogP contribution in [0.25, 0.3) is 0 Å². The molecular weight excluding hydrogens is 214 g/mol. The molecule has 0 aliphatic heterocycles. The van der Waals surface area contributed by atoms with E-state index in [2.05, 4.69) is 27.8 Å². The van der Waals surface area contributed by atoms with Crippen LogP contribution in [0.2, 0.25) is 0 Å². The van der Waals surface area contributed by atoms with Crippen LogP contribution in [0.3, 0.4) is 0 Å². The molecule has 1 aliphatic rings. The summed E-state index contributed by atoms with van der Waals surface area (Å²) in [5.74, 6) is 1.85. The molecule has 0 saturated heterocycles. The maximum absolute atomic E-state index is 4.07. The number of rotatable bonds is 6. The normalized spacial score (nSPS) is 17.5. The summed E-state index contributed by atoms with van der Waals surface area (Å²) < 4.78 is 1.96. The molecule has 0 radical (unpaired) electrons. The molecule has 1 saturated carbocycles. The van der Waals surface area contributed by atoms with Crippen molar-refractivity contribution in [3.63, 3.8) is 0 Å². The van der Waals surface area contributed by atoms with Gasteiger partial charge in [-0.25, -0.2) is 4.68 Å². The van der Waals surface area contributed by atoms with Crippen molar-refractivity contribution in [1.29, 1.82) is 0 Å². The third-order valence-electron chi connectivity index (χ3n) is 3.61. The van der Waals surface area contributed by atoms with E-state index in [0.29, 0.717) is 0 Å². The first kappa shape index (κ1) is 12.5. The number of tetrazole rings is 1. The van der Waals surface area contributed by atoms with E-state index < -0.39 is 0 Å². The van der Waals surface area contributed by atoms with Gasteiger partial charge in [-0.05, 0) is 29.3 Å². The van der Waals surface area contributed by atoms with E-state index in [9.17, 15) is 0 Å². The van der Waals surface area contributed by atoms with E-state index >= 15 is 0 Å². The number of aromatic nitrogens is 4. The van der Waals surface area contributed by atoms with Crippen LogP contribution in [0.15, 0.2) is 0 Å². The first-order valence-electron chi connectivity index (χ1n) is 6.86. The third kappa shape index (κ3) is 3.77. The van der Waals surface area contributed by atoms with Gasteiger partial charge in [-0.2, -0.15) is 0 Å². The van der Waals surface area contributed by atoms with Crippen LogP contribution >= 0.6 is 0 Å². The van der Waals surface area contributed by atoms with Crippen LogP contribution < -0.4 is 5.32 Å². The second kappa shape index (κ2) is 6.69. The van der Waals surface area contributed by atoms with Crippen molar-refractivity contribution in [3.8, 4) is 0 Å². The summed E-state index contributed by atoms with van der Waals surface area (Å²) >= 11 is 0. The lowest BCUT2D eigenvalue weighted by Gasteiger charge is -2.21. The van der Waals surface area contributed by atoms with Crippen LogP contribution in [0.4, 0.5) is 0 Å². The topological polar surface area (TPSA) is 55.6 Å². The molecule has 5 heteroatoms. The molecule has 1 N–H and O–H groups in total. The smallest absolute Gasteiger partial charge is 0.165 e. The fourth-order valence-corrected chi connectivity index (χ4v) is 2.54. The Morgan fingerprint density at radius 2 is 2.12 bits per heavy atom. The second-order valence-electron chi connectivity index (χ2n) is 4.89. The molecule has 1 heterocycles. The zero-order chi connectivity index (χ0) is 11.9. The molecule has 96 valence electrons. The molecule has 0 unspecified atom stereocenters. The minimum atomic E-state index is 0.772. The minimum Gasteiger partial charge on any atom is -0.310 e. The molecule has 0 aromatic carbocycles. The quantitative estimate of drug-likeness (QED) is 0.819. The number of hydrogen-bond acceptors (Lipinski definition) is 4. The SMILES string of the molecule is CCNCc1nnnn1CCC1CCCCC1. The molecule has 5 nitrogen and oxygen atoms in total. The lowest BCUT2D eigenvalue weighted by molar-refractivity contribution is 0.315. The Morgan fingerprint density at radius 3 is 2.88 bits per heavy atom. The van der Waals surface area contributed by atoms with E-state index in [4.69, 9.17) is 0 Å². The van der Waals surface area contributed by atoms with Crippen molar-refractivity contribution < 1.29 is 0 Å². The molecule has 0 atom stereocenters. The molecule has 0 spiro atoms. The Bertz CT molecular complexity index is 316. The summed E-state index contributed by atoms with van der Waals surface area (Å²) in [5, 5.41) is 15.2. The van der Waals surface area contributed by atoms with Crippen molar-refractivity contribution in [3.05, 3.63) is 5.82 Å². The van der Waals surface area contributed by atoms with Crippen molar-refractivity contribution in [2.45, 2.75) is 58.5 Å². The highest BCUT2D eigenvalue weighted by molar-refractivity contribution is 4.80. The van der Waals surface area contributed by atoms with Crippen molar-refractivity contribution >= 4 is 0 Å². The second-order valence-corrected chi connectivity index (χ2v) is 4.89. The summed E-state index contributed by atoms with van der Waals surface area (Å²) in [4.78, 5) is 0. The van der Waals surface area contributed by atoms with Gasteiger partial charge in [-0.15, -0.1) is 5.10 Å². The summed E-state index contributed by atoms with van der Waals surface area (Å²) in [6, 6.07) is 0. The molecule has 2 rings (SSSR count). The monoisotopic (exact) mass is 237 g/mol. The number of nitrogens with zero attached hydrogens (tertiary/aromatic N) is 4. The van der Waals surface area contributed by atoms with Gasteiger partial charge in [0.05, 0.1) is 6.54 Å². The molecule has 17 heavy (non-hydrogen) atoms. The Hall–Kier alpha value is -0.970. The van der Waals surface area contributed by atoms with Gasteiger partial charge in [0, 0.05) is 6.54 Å². The van der Waals surface area contributed by atoms with Crippen LogP contribution in [0.1, 0.15) is 51.3 Å². The Kier molecular flexibility index (Phi) is 4.91. The van der Waals surface area contributed by atoms with Crippen LogP contribution in [0.5, 0.6) is 0 Å².